The molecule has 0 radical (unpaired) electrons. The first-order chi connectivity index (χ1) is 8.39. The van der Waals surface area contributed by atoms with E-state index in [0.29, 0.717) is 25.7 Å². The van der Waals surface area contributed by atoms with Crippen LogP contribution in [-0.2, 0) is 14.6 Å². The maximum Gasteiger partial charge on any atom is 0.240 e. The van der Waals surface area contributed by atoms with Crippen LogP contribution in [0.25, 0.3) is 0 Å². The quantitative estimate of drug-likeness (QED) is 0.827. The Kier molecular flexibility index (Phi) is 4.74. The Bertz CT molecular complexity index is 446. The number of amides is 1. The van der Waals surface area contributed by atoms with E-state index >= 15 is 0 Å². The molecule has 5 nitrogen and oxygen atoms in total. The highest BCUT2D eigenvalue weighted by molar-refractivity contribution is 7.91. The monoisotopic (exact) mass is 272 g/mol. The van der Waals surface area contributed by atoms with Gasteiger partial charge in [0.25, 0.3) is 0 Å². The van der Waals surface area contributed by atoms with Crippen molar-refractivity contribution in [3.8, 4) is 6.07 Å². The van der Waals surface area contributed by atoms with Gasteiger partial charge in [-0.15, -0.1) is 0 Å². The van der Waals surface area contributed by atoms with Crippen molar-refractivity contribution in [2.24, 2.45) is 5.41 Å². The number of carbonyl (C=O) groups is 1. The maximum absolute atomic E-state index is 12.1. The average Bonchev–Trinajstić information content (AvgIpc) is 2.30. The van der Waals surface area contributed by atoms with E-state index in [1.807, 2.05) is 0 Å². The molecule has 1 aliphatic heterocycles. The van der Waals surface area contributed by atoms with Crippen molar-refractivity contribution in [2.45, 2.75) is 45.6 Å². The van der Waals surface area contributed by atoms with Crippen molar-refractivity contribution in [1.82, 2.24) is 5.32 Å². The second-order valence-electron chi connectivity index (χ2n) is 4.83. The second-order valence-corrected chi connectivity index (χ2v) is 7.06. The summed E-state index contributed by atoms with van der Waals surface area (Å²) in [4.78, 5) is 12.1. The molecule has 0 bridgehead atoms. The van der Waals surface area contributed by atoms with E-state index in [0.717, 1.165) is 0 Å². The Labute approximate surface area is 108 Å². The average molecular weight is 272 g/mol. The normalized spacial score (nSPS) is 23.1. The molecule has 1 amide bonds. The van der Waals surface area contributed by atoms with Gasteiger partial charge in [0.05, 0.1) is 17.6 Å². The van der Waals surface area contributed by atoms with Crippen LogP contribution >= 0.6 is 0 Å². The molecule has 1 N–H and O–H groups in total. The van der Waals surface area contributed by atoms with Crippen molar-refractivity contribution in [2.75, 3.05) is 11.5 Å². The standard InChI is InChI=1S/C12H20N2O3S/c1-3-12(4-2,9-13)11(15)14-10-6-5-7-18(16,17)8-10/h10H,3-8H2,1-2H3,(H,14,15). The van der Waals surface area contributed by atoms with Gasteiger partial charge in [0.2, 0.25) is 5.91 Å². The van der Waals surface area contributed by atoms with E-state index in [2.05, 4.69) is 11.4 Å². The van der Waals surface area contributed by atoms with Crippen LogP contribution in [0.4, 0.5) is 0 Å². The molecule has 0 aromatic rings. The molecule has 18 heavy (non-hydrogen) atoms. The number of hydrogen-bond acceptors (Lipinski definition) is 4. The van der Waals surface area contributed by atoms with Crippen molar-refractivity contribution in [1.29, 1.82) is 5.26 Å². The van der Waals surface area contributed by atoms with E-state index in [9.17, 15) is 13.2 Å². The summed E-state index contributed by atoms with van der Waals surface area (Å²) in [6, 6.07) is 1.72. The van der Waals surface area contributed by atoms with Gasteiger partial charge in [0.1, 0.15) is 5.41 Å². The van der Waals surface area contributed by atoms with Gasteiger partial charge in [-0.1, -0.05) is 13.8 Å². The molecule has 1 heterocycles. The summed E-state index contributed by atoms with van der Waals surface area (Å²) in [5.74, 6) is -0.144. The molecular weight excluding hydrogens is 252 g/mol. The summed E-state index contributed by atoms with van der Waals surface area (Å²) in [7, 11) is -3.04. The van der Waals surface area contributed by atoms with Crippen molar-refractivity contribution < 1.29 is 13.2 Å². The van der Waals surface area contributed by atoms with Crippen LogP contribution in [0.2, 0.25) is 0 Å². The van der Waals surface area contributed by atoms with Gasteiger partial charge in [-0.2, -0.15) is 5.26 Å². The molecular formula is C12H20N2O3S. The molecule has 0 aromatic carbocycles. The first-order valence-corrected chi connectivity index (χ1v) is 8.14. The summed E-state index contributed by atoms with van der Waals surface area (Å²) in [6.07, 6.45) is 2.11. The Morgan fingerprint density at radius 3 is 2.50 bits per heavy atom. The van der Waals surface area contributed by atoms with E-state index in [4.69, 9.17) is 5.26 Å². The third-order valence-electron chi connectivity index (χ3n) is 3.65. The molecule has 1 saturated heterocycles. The van der Waals surface area contributed by atoms with Gasteiger partial charge < -0.3 is 5.32 Å². The number of nitrogens with one attached hydrogen (secondary N) is 1. The fourth-order valence-electron chi connectivity index (χ4n) is 2.24. The smallest absolute Gasteiger partial charge is 0.240 e. The highest BCUT2D eigenvalue weighted by atomic mass is 32.2. The minimum Gasteiger partial charge on any atom is -0.351 e. The summed E-state index contributed by atoms with van der Waals surface area (Å²) in [6.45, 7) is 3.59. The van der Waals surface area contributed by atoms with E-state index < -0.39 is 15.3 Å². The summed E-state index contributed by atoms with van der Waals surface area (Å²) in [5.41, 5.74) is -1.03. The van der Waals surface area contributed by atoms with Crippen molar-refractivity contribution in [3.05, 3.63) is 0 Å². The Morgan fingerprint density at radius 1 is 1.44 bits per heavy atom. The van der Waals surface area contributed by atoms with Gasteiger partial charge in [-0.05, 0) is 25.7 Å². The summed E-state index contributed by atoms with van der Waals surface area (Å²) in [5, 5.41) is 11.9. The zero-order chi connectivity index (χ0) is 13.8. The zero-order valence-corrected chi connectivity index (χ0v) is 11.7. The maximum atomic E-state index is 12.1. The van der Waals surface area contributed by atoms with Crippen molar-refractivity contribution in [3.63, 3.8) is 0 Å². The van der Waals surface area contributed by atoms with E-state index in [-0.39, 0.29) is 23.5 Å². The predicted octanol–water partition coefficient (Wildman–Crippen LogP) is 1.01. The lowest BCUT2D eigenvalue weighted by Gasteiger charge is -2.28. The van der Waals surface area contributed by atoms with Gasteiger partial charge >= 0.3 is 0 Å². The molecule has 0 aromatic heterocycles. The molecule has 1 atom stereocenters. The van der Waals surface area contributed by atoms with Crippen LogP contribution in [0.1, 0.15) is 39.5 Å². The molecule has 1 fully saturated rings. The number of nitrogens with zero attached hydrogens (tertiary/aromatic N) is 1. The number of carbonyl (C=O) groups excluding carboxylic acids is 1. The molecule has 0 spiro atoms. The second kappa shape index (κ2) is 5.70. The van der Waals surface area contributed by atoms with Gasteiger partial charge in [0.15, 0.2) is 9.84 Å². The summed E-state index contributed by atoms with van der Waals surface area (Å²) >= 11 is 0. The lowest BCUT2D eigenvalue weighted by Crippen LogP contribution is -2.48. The van der Waals surface area contributed by atoms with Gasteiger partial charge in [-0.25, -0.2) is 8.42 Å². The van der Waals surface area contributed by atoms with Crippen LogP contribution in [0.5, 0.6) is 0 Å². The number of rotatable bonds is 4. The Morgan fingerprint density at radius 2 is 2.06 bits per heavy atom. The number of sulfone groups is 1. The third-order valence-corrected chi connectivity index (χ3v) is 5.47. The molecule has 0 aliphatic carbocycles. The first kappa shape index (κ1) is 15.0. The highest BCUT2D eigenvalue weighted by Crippen LogP contribution is 2.26. The predicted molar refractivity (Wildman–Crippen MR) is 68.4 cm³/mol. The minimum absolute atomic E-state index is 0.00627. The van der Waals surface area contributed by atoms with Crippen LogP contribution in [0.15, 0.2) is 0 Å². The molecule has 1 rings (SSSR count). The van der Waals surface area contributed by atoms with Crippen LogP contribution in [0, 0.1) is 16.7 Å². The van der Waals surface area contributed by atoms with Crippen LogP contribution < -0.4 is 5.32 Å². The van der Waals surface area contributed by atoms with Crippen LogP contribution in [0.3, 0.4) is 0 Å². The fourth-order valence-corrected chi connectivity index (χ4v) is 3.88. The zero-order valence-electron chi connectivity index (χ0n) is 10.9. The topological polar surface area (TPSA) is 87.0 Å². The van der Waals surface area contributed by atoms with E-state index in [1.54, 1.807) is 13.8 Å². The molecule has 102 valence electrons. The Balaban J connectivity index is 2.73. The minimum atomic E-state index is -3.04. The lowest BCUT2D eigenvalue weighted by atomic mass is 9.83. The number of nitriles is 1. The van der Waals surface area contributed by atoms with E-state index in [1.165, 1.54) is 0 Å². The van der Waals surface area contributed by atoms with Crippen molar-refractivity contribution >= 4 is 15.7 Å². The number of hydrogen-bond donors (Lipinski definition) is 1. The largest absolute Gasteiger partial charge is 0.351 e. The third kappa shape index (κ3) is 3.22. The highest BCUT2D eigenvalue weighted by Gasteiger charge is 2.37. The summed E-state index contributed by atoms with van der Waals surface area (Å²) < 4.78 is 23.0. The first-order valence-electron chi connectivity index (χ1n) is 6.31. The molecule has 6 heteroatoms. The lowest BCUT2D eigenvalue weighted by molar-refractivity contribution is -0.129. The van der Waals surface area contributed by atoms with Gasteiger partial charge in [0, 0.05) is 6.04 Å². The Hall–Kier alpha value is -1.09. The molecule has 0 saturated carbocycles. The molecule has 1 unspecified atom stereocenters. The van der Waals surface area contributed by atoms with Gasteiger partial charge in [-0.3, -0.25) is 4.79 Å². The SMILES string of the molecule is CCC(C#N)(CC)C(=O)NC1CCCS(=O)(=O)C1. The fraction of sp³-hybridized carbons (Fsp3) is 0.833. The molecule has 1 aliphatic rings. The van der Waals surface area contributed by atoms with Crippen LogP contribution in [-0.4, -0.2) is 31.9 Å².